The second-order valence-corrected chi connectivity index (χ2v) is 6.66. The lowest BCUT2D eigenvalue weighted by atomic mass is 10.2. The van der Waals surface area contributed by atoms with Crippen molar-refractivity contribution in [3.05, 3.63) is 34.4 Å². The van der Waals surface area contributed by atoms with Crippen LogP contribution in [0.3, 0.4) is 0 Å². The van der Waals surface area contributed by atoms with E-state index in [1.807, 2.05) is 20.8 Å². The molecule has 1 aliphatic carbocycles. The summed E-state index contributed by atoms with van der Waals surface area (Å²) in [5, 5.41) is 21.7. The van der Waals surface area contributed by atoms with E-state index in [0.717, 1.165) is 19.3 Å². The summed E-state index contributed by atoms with van der Waals surface area (Å²) in [4.78, 5) is 20.8. The molecule has 134 valence electrons. The maximum absolute atomic E-state index is 11.3. The van der Waals surface area contributed by atoms with Gasteiger partial charge in [-0.15, -0.1) is 0 Å². The van der Waals surface area contributed by atoms with E-state index in [-0.39, 0.29) is 29.6 Å². The van der Waals surface area contributed by atoms with Crippen molar-refractivity contribution < 1.29 is 19.6 Å². The van der Waals surface area contributed by atoms with Gasteiger partial charge >= 0.3 is 11.8 Å². The Labute approximate surface area is 141 Å². The number of phenols is 1. The Bertz CT molecular complexity index is 571. The fourth-order valence-electron chi connectivity index (χ4n) is 2.24. The number of benzene rings is 1. The summed E-state index contributed by atoms with van der Waals surface area (Å²) in [5.41, 5.74) is 5.05. The van der Waals surface area contributed by atoms with Crippen molar-refractivity contribution in [1.29, 1.82) is 0 Å². The van der Waals surface area contributed by atoms with Gasteiger partial charge in [0.15, 0.2) is 5.75 Å². The van der Waals surface area contributed by atoms with E-state index in [2.05, 4.69) is 5.32 Å². The van der Waals surface area contributed by atoms with E-state index < -0.39 is 10.5 Å². The first kappa shape index (κ1) is 19.7. The van der Waals surface area contributed by atoms with Gasteiger partial charge < -0.3 is 20.9 Å². The Morgan fingerprint density at radius 1 is 1.38 bits per heavy atom. The van der Waals surface area contributed by atoms with Gasteiger partial charge in [0.25, 0.3) is 0 Å². The van der Waals surface area contributed by atoms with Crippen molar-refractivity contribution in [2.24, 2.45) is 5.73 Å². The van der Waals surface area contributed by atoms with Gasteiger partial charge in [-0.05, 0) is 46.1 Å². The molecule has 0 heterocycles. The summed E-state index contributed by atoms with van der Waals surface area (Å²) in [5.74, 6) is -0.299. The zero-order valence-electron chi connectivity index (χ0n) is 14.2. The number of nitrogens with one attached hydrogen (secondary N) is 1. The van der Waals surface area contributed by atoms with Gasteiger partial charge in [-0.2, -0.15) is 0 Å². The first-order valence-electron chi connectivity index (χ1n) is 7.76. The molecule has 0 radical (unpaired) electrons. The van der Waals surface area contributed by atoms with E-state index in [4.69, 9.17) is 15.6 Å². The zero-order valence-corrected chi connectivity index (χ0v) is 14.2. The number of carbonyl (C=O) groups excluding carboxylic acids is 1. The Balaban J connectivity index is 0.000000254. The molecule has 2 atom stereocenters. The number of ether oxygens (including phenoxy) is 1. The highest BCUT2D eigenvalue weighted by Crippen LogP contribution is 2.23. The van der Waals surface area contributed by atoms with Crippen LogP contribution in [0.1, 0.15) is 40.0 Å². The number of phenolic OH excluding ortho intramolecular Hbond substituents is 1. The predicted molar refractivity (Wildman–Crippen MR) is 89.7 cm³/mol. The maximum atomic E-state index is 11.3. The van der Waals surface area contributed by atoms with Crippen molar-refractivity contribution in [3.8, 4) is 5.75 Å². The van der Waals surface area contributed by atoms with E-state index in [9.17, 15) is 14.9 Å². The van der Waals surface area contributed by atoms with Gasteiger partial charge in [0.05, 0.1) is 4.92 Å². The number of carbonyl (C=O) groups is 1. The number of hydrogen-bond donors (Lipinski definition) is 3. The average molecular weight is 339 g/mol. The molecule has 0 aromatic heterocycles. The maximum Gasteiger partial charge on any atom is 0.407 e. The molecule has 8 nitrogen and oxygen atoms in total. The largest absolute Gasteiger partial charge is 0.502 e. The van der Waals surface area contributed by atoms with Crippen LogP contribution in [0.25, 0.3) is 0 Å². The highest BCUT2D eigenvalue weighted by Gasteiger charge is 2.25. The van der Waals surface area contributed by atoms with Gasteiger partial charge in [-0.3, -0.25) is 10.1 Å². The van der Waals surface area contributed by atoms with Gasteiger partial charge in [0, 0.05) is 18.2 Å². The third kappa shape index (κ3) is 7.28. The topological polar surface area (TPSA) is 128 Å². The number of nitrogens with zero attached hydrogens (tertiary/aromatic N) is 1. The van der Waals surface area contributed by atoms with Crippen LogP contribution in [0.4, 0.5) is 10.5 Å². The van der Waals surface area contributed by atoms with Crippen LogP contribution in [-0.4, -0.2) is 33.8 Å². The minimum absolute atomic E-state index is 0.194. The lowest BCUT2D eigenvalue weighted by Gasteiger charge is -2.21. The van der Waals surface area contributed by atoms with Crippen LogP contribution in [0.2, 0.25) is 0 Å². The second kappa shape index (κ2) is 8.49. The number of aromatic hydroxyl groups is 1. The number of hydrogen-bond acceptors (Lipinski definition) is 6. The Kier molecular flexibility index (Phi) is 6.97. The number of nitrogens with two attached hydrogens (primary N) is 1. The normalized spacial score (nSPS) is 19.8. The molecule has 1 aromatic rings. The molecular formula is C16H25N3O5. The first-order valence-corrected chi connectivity index (χ1v) is 7.76. The summed E-state index contributed by atoms with van der Waals surface area (Å²) < 4.78 is 5.14. The summed E-state index contributed by atoms with van der Waals surface area (Å²) in [6.07, 6.45) is 2.47. The second-order valence-electron chi connectivity index (χ2n) is 6.66. The van der Waals surface area contributed by atoms with Crippen LogP contribution in [-0.2, 0) is 4.74 Å². The van der Waals surface area contributed by atoms with Gasteiger partial charge in [0.1, 0.15) is 5.60 Å². The lowest BCUT2D eigenvalue weighted by Crippen LogP contribution is -2.38. The van der Waals surface area contributed by atoms with E-state index in [1.165, 1.54) is 24.3 Å². The van der Waals surface area contributed by atoms with Crippen LogP contribution < -0.4 is 11.1 Å². The number of nitro benzene ring substituents is 1. The monoisotopic (exact) mass is 339 g/mol. The summed E-state index contributed by atoms with van der Waals surface area (Å²) >= 11 is 0. The van der Waals surface area contributed by atoms with E-state index >= 15 is 0 Å². The van der Waals surface area contributed by atoms with Crippen molar-refractivity contribution >= 4 is 11.8 Å². The van der Waals surface area contributed by atoms with Crippen molar-refractivity contribution in [1.82, 2.24) is 5.32 Å². The minimum Gasteiger partial charge on any atom is -0.502 e. The third-order valence-corrected chi connectivity index (χ3v) is 3.27. The van der Waals surface area contributed by atoms with Gasteiger partial charge in [0.2, 0.25) is 0 Å². The molecule has 1 aliphatic rings. The quantitative estimate of drug-likeness (QED) is 0.561. The summed E-state index contributed by atoms with van der Waals surface area (Å²) in [7, 11) is 0. The minimum atomic E-state index is -0.630. The van der Waals surface area contributed by atoms with Crippen LogP contribution in [0, 0.1) is 10.1 Å². The Morgan fingerprint density at radius 3 is 2.42 bits per heavy atom. The molecule has 1 saturated carbocycles. The molecule has 0 unspecified atom stereocenters. The number of nitro groups is 1. The van der Waals surface area contributed by atoms with Crippen molar-refractivity contribution in [2.45, 2.75) is 57.7 Å². The highest BCUT2D eigenvalue weighted by atomic mass is 16.6. The molecule has 24 heavy (non-hydrogen) atoms. The summed E-state index contributed by atoms with van der Waals surface area (Å²) in [6, 6.07) is 5.97. The Hall–Kier alpha value is -2.35. The standard InChI is InChI=1S/C10H20N2O2.C6H5NO3/c1-10(2,3)14-9(13)12-8-5-4-7(11)6-8;8-6-4-2-1-3-5(6)7(9)10/h7-8H,4-6,11H2,1-3H3,(H,12,13);1-4,8H/t7-,8+;/m0./s1. The number of alkyl carbamates (subject to hydrolysis) is 1. The summed E-state index contributed by atoms with van der Waals surface area (Å²) in [6.45, 7) is 5.56. The SMILES string of the molecule is CC(C)(C)OC(=O)N[C@@H]1CC[C@H](N)C1.O=[N+]([O-])c1ccccc1O. The Morgan fingerprint density at radius 2 is 2.00 bits per heavy atom. The van der Waals surface area contributed by atoms with Gasteiger partial charge in [-0.25, -0.2) is 4.79 Å². The smallest absolute Gasteiger partial charge is 0.407 e. The van der Waals surface area contributed by atoms with Gasteiger partial charge in [-0.1, -0.05) is 12.1 Å². The molecule has 0 spiro atoms. The number of rotatable bonds is 2. The highest BCUT2D eigenvalue weighted by molar-refractivity contribution is 5.68. The molecule has 1 aromatic carbocycles. The lowest BCUT2D eigenvalue weighted by molar-refractivity contribution is -0.385. The average Bonchev–Trinajstić information content (AvgIpc) is 2.82. The van der Waals surface area contributed by atoms with E-state index in [0.29, 0.717) is 0 Å². The molecule has 2 rings (SSSR count). The van der Waals surface area contributed by atoms with Crippen molar-refractivity contribution in [3.63, 3.8) is 0 Å². The molecule has 4 N–H and O–H groups in total. The van der Waals surface area contributed by atoms with Crippen LogP contribution >= 0.6 is 0 Å². The number of para-hydroxylation sites is 2. The molecule has 0 saturated heterocycles. The zero-order chi connectivity index (χ0) is 18.3. The fraction of sp³-hybridized carbons (Fsp3) is 0.562. The molecule has 1 fully saturated rings. The molecule has 8 heteroatoms. The van der Waals surface area contributed by atoms with E-state index in [1.54, 1.807) is 0 Å². The van der Waals surface area contributed by atoms with Crippen LogP contribution in [0.15, 0.2) is 24.3 Å². The van der Waals surface area contributed by atoms with Crippen LogP contribution in [0.5, 0.6) is 5.75 Å². The predicted octanol–water partition coefficient (Wildman–Crippen LogP) is 2.69. The molecule has 0 aliphatic heterocycles. The third-order valence-electron chi connectivity index (χ3n) is 3.27. The molecule has 1 amide bonds. The number of amides is 1. The molecular weight excluding hydrogens is 314 g/mol. The molecule has 0 bridgehead atoms. The van der Waals surface area contributed by atoms with Crippen molar-refractivity contribution in [2.75, 3.05) is 0 Å². The first-order chi connectivity index (χ1) is 11.1. The fourth-order valence-corrected chi connectivity index (χ4v) is 2.24.